The standard InChI is InChI=1S/C28H26N2O3/c1-32-26-13-12-24(18-27(26)33-20-21-14-16-29-17-15-21)30-28(31)19-25(22-8-4-2-5-9-22)23-10-6-3-7-11-23/h2-18,25H,19-20H2,1H3,(H,30,31). The molecule has 0 aliphatic carbocycles. The first-order valence-corrected chi connectivity index (χ1v) is 10.8. The number of carbonyl (C=O) groups is 1. The van der Waals surface area contributed by atoms with E-state index in [0.29, 0.717) is 30.2 Å². The Morgan fingerprint density at radius 2 is 1.48 bits per heavy atom. The van der Waals surface area contributed by atoms with Gasteiger partial charge in [0.25, 0.3) is 0 Å². The molecule has 33 heavy (non-hydrogen) atoms. The number of nitrogens with one attached hydrogen (secondary N) is 1. The van der Waals surface area contributed by atoms with Crippen molar-refractivity contribution in [3.05, 3.63) is 120 Å². The van der Waals surface area contributed by atoms with Crippen molar-refractivity contribution in [3.8, 4) is 11.5 Å². The zero-order valence-corrected chi connectivity index (χ0v) is 18.5. The van der Waals surface area contributed by atoms with Crippen molar-refractivity contribution in [2.45, 2.75) is 18.9 Å². The van der Waals surface area contributed by atoms with Gasteiger partial charge in [-0.05, 0) is 41.0 Å². The molecule has 1 amide bonds. The van der Waals surface area contributed by atoms with E-state index in [2.05, 4.69) is 34.6 Å². The van der Waals surface area contributed by atoms with E-state index in [1.807, 2.05) is 54.6 Å². The van der Waals surface area contributed by atoms with Crippen LogP contribution in [-0.2, 0) is 11.4 Å². The van der Waals surface area contributed by atoms with E-state index in [9.17, 15) is 4.79 Å². The number of hydrogen-bond donors (Lipinski definition) is 1. The first-order valence-electron chi connectivity index (χ1n) is 10.8. The fourth-order valence-electron chi connectivity index (χ4n) is 3.70. The zero-order chi connectivity index (χ0) is 22.9. The maximum absolute atomic E-state index is 13.0. The number of hydrogen-bond acceptors (Lipinski definition) is 4. The normalized spacial score (nSPS) is 10.6. The molecule has 0 spiro atoms. The van der Waals surface area contributed by atoms with Crippen LogP contribution in [0.15, 0.2) is 103 Å². The molecule has 0 aliphatic heterocycles. The SMILES string of the molecule is COc1ccc(NC(=O)CC(c2ccccc2)c2ccccc2)cc1OCc1ccncc1. The monoisotopic (exact) mass is 438 g/mol. The van der Waals surface area contributed by atoms with Gasteiger partial charge >= 0.3 is 0 Å². The summed E-state index contributed by atoms with van der Waals surface area (Å²) < 4.78 is 11.4. The van der Waals surface area contributed by atoms with Crippen molar-refractivity contribution in [2.24, 2.45) is 0 Å². The highest BCUT2D eigenvalue weighted by atomic mass is 16.5. The molecule has 1 aromatic heterocycles. The summed E-state index contributed by atoms with van der Waals surface area (Å²) in [7, 11) is 1.59. The van der Waals surface area contributed by atoms with E-state index in [-0.39, 0.29) is 11.8 Å². The molecule has 1 N–H and O–H groups in total. The lowest BCUT2D eigenvalue weighted by atomic mass is 9.88. The van der Waals surface area contributed by atoms with E-state index in [1.54, 1.807) is 31.6 Å². The van der Waals surface area contributed by atoms with Crippen molar-refractivity contribution in [3.63, 3.8) is 0 Å². The van der Waals surface area contributed by atoms with Gasteiger partial charge in [0.05, 0.1) is 7.11 Å². The number of methoxy groups -OCH3 is 1. The van der Waals surface area contributed by atoms with Gasteiger partial charge < -0.3 is 14.8 Å². The van der Waals surface area contributed by atoms with Crippen LogP contribution >= 0.6 is 0 Å². The molecular weight excluding hydrogens is 412 g/mol. The van der Waals surface area contributed by atoms with E-state index in [0.717, 1.165) is 16.7 Å². The summed E-state index contributed by atoms with van der Waals surface area (Å²) in [5, 5.41) is 3.02. The maximum atomic E-state index is 13.0. The molecular formula is C28H26N2O3. The lowest BCUT2D eigenvalue weighted by molar-refractivity contribution is -0.116. The minimum Gasteiger partial charge on any atom is -0.493 e. The molecule has 0 radical (unpaired) electrons. The summed E-state index contributed by atoms with van der Waals surface area (Å²) >= 11 is 0. The van der Waals surface area contributed by atoms with Gasteiger partial charge in [-0.1, -0.05) is 60.7 Å². The number of rotatable bonds is 9. The van der Waals surface area contributed by atoms with Crippen molar-refractivity contribution in [2.75, 3.05) is 12.4 Å². The van der Waals surface area contributed by atoms with Gasteiger partial charge in [0, 0.05) is 36.5 Å². The lowest BCUT2D eigenvalue weighted by Crippen LogP contribution is -2.16. The molecule has 0 unspecified atom stereocenters. The summed E-state index contributed by atoms with van der Waals surface area (Å²) in [5.41, 5.74) is 3.87. The summed E-state index contributed by atoms with van der Waals surface area (Å²) in [4.78, 5) is 17.0. The lowest BCUT2D eigenvalue weighted by Gasteiger charge is -2.18. The highest BCUT2D eigenvalue weighted by Crippen LogP contribution is 2.32. The fraction of sp³-hybridized carbons (Fsp3) is 0.143. The molecule has 0 aliphatic rings. The van der Waals surface area contributed by atoms with Crippen molar-refractivity contribution >= 4 is 11.6 Å². The Balaban J connectivity index is 1.48. The fourth-order valence-corrected chi connectivity index (χ4v) is 3.70. The van der Waals surface area contributed by atoms with Crippen molar-refractivity contribution in [1.29, 1.82) is 0 Å². The number of aromatic nitrogens is 1. The van der Waals surface area contributed by atoms with Gasteiger partial charge in [0.2, 0.25) is 5.91 Å². The quantitative estimate of drug-likeness (QED) is 0.357. The van der Waals surface area contributed by atoms with Crippen LogP contribution in [0.25, 0.3) is 0 Å². The predicted octanol–water partition coefficient (Wildman–Crippen LogP) is 5.83. The Kier molecular flexibility index (Phi) is 7.33. The molecule has 0 saturated heterocycles. The van der Waals surface area contributed by atoms with Crippen LogP contribution in [0.2, 0.25) is 0 Å². The van der Waals surface area contributed by atoms with Crippen LogP contribution in [0.3, 0.4) is 0 Å². The van der Waals surface area contributed by atoms with Gasteiger partial charge in [-0.2, -0.15) is 0 Å². The minimum atomic E-state index is -0.0713. The van der Waals surface area contributed by atoms with Crippen LogP contribution in [-0.4, -0.2) is 18.0 Å². The van der Waals surface area contributed by atoms with Crippen molar-refractivity contribution < 1.29 is 14.3 Å². The Bertz CT molecular complexity index is 1130. The number of nitrogens with zero attached hydrogens (tertiary/aromatic N) is 1. The average molecular weight is 439 g/mol. The van der Waals surface area contributed by atoms with Crippen molar-refractivity contribution in [1.82, 2.24) is 4.98 Å². The molecule has 4 aromatic rings. The second-order valence-electron chi connectivity index (χ2n) is 7.64. The summed E-state index contributed by atoms with van der Waals surface area (Å²) in [6.07, 6.45) is 3.78. The molecule has 0 bridgehead atoms. The zero-order valence-electron chi connectivity index (χ0n) is 18.5. The smallest absolute Gasteiger partial charge is 0.225 e. The topological polar surface area (TPSA) is 60.5 Å². The van der Waals surface area contributed by atoms with Crippen LogP contribution < -0.4 is 14.8 Å². The number of ether oxygens (including phenoxy) is 2. The molecule has 1 heterocycles. The van der Waals surface area contributed by atoms with Crippen LogP contribution in [0.1, 0.15) is 29.0 Å². The highest BCUT2D eigenvalue weighted by Gasteiger charge is 2.18. The minimum absolute atomic E-state index is 0.0342. The molecule has 0 fully saturated rings. The average Bonchev–Trinajstić information content (AvgIpc) is 2.88. The third-order valence-electron chi connectivity index (χ3n) is 5.38. The predicted molar refractivity (Wildman–Crippen MR) is 130 cm³/mol. The molecule has 0 atom stereocenters. The molecule has 5 nitrogen and oxygen atoms in total. The number of benzene rings is 3. The first-order chi connectivity index (χ1) is 16.2. The van der Waals surface area contributed by atoms with E-state index >= 15 is 0 Å². The van der Waals surface area contributed by atoms with Gasteiger partial charge in [-0.3, -0.25) is 9.78 Å². The van der Waals surface area contributed by atoms with E-state index in [1.165, 1.54) is 0 Å². The number of anilines is 1. The number of amides is 1. The molecule has 5 heteroatoms. The molecule has 3 aromatic carbocycles. The Labute approximate surface area is 194 Å². The van der Waals surface area contributed by atoms with Crippen LogP contribution in [0.4, 0.5) is 5.69 Å². The van der Waals surface area contributed by atoms with E-state index in [4.69, 9.17) is 9.47 Å². The Morgan fingerprint density at radius 3 is 2.09 bits per heavy atom. The largest absolute Gasteiger partial charge is 0.493 e. The second kappa shape index (κ2) is 11.0. The van der Waals surface area contributed by atoms with Gasteiger partial charge in [0.15, 0.2) is 11.5 Å². The first kappa shape index (κ1) is 22.1. The third kappa shape index (κ3) is 5.98. The third-order valence-corrected chi connectivity index (χ3v) is 5.38. The Hall–Kier alpha value is -4.12. The van der Waals surface area contributed by atoms with Crippen LogP contribution in [0.5, 0.6) is 11.5 Å². The molecule has 4 rings (SSSR count). The van der Waals surface area contributed by atoms with Gasteiger partial charge in [-0.25, -0.2) is 0 Å². The number of carbonyl (C=O) groups excluding carboxylic acids is 1. The Morgan fingerprint density at radius 1 is 0.848 bits per heavy atom. The van der Waals surface area contributed by atoms with Gasteiger partial charge in [0.1, 0.15) is 6.61 Å². The van der Waals surface area contributed by atoms with E-state index < -0.39 is 0 Å². The summed E-state index contributed by atoms with van der Waals surface area (Å²) in [6.45, 7) is 0.375. The summed E-state index contributed by atoms with van der Waals surface area (Å²) in [6, 6.07) is 29.4. The molecule has 0 saturated carbocycles. The summed E-state index contributed by atoms with van der Waals surface area (Å²) in [5.74, 6) is 1.06. The second-order valence-corrected chi connectivity index (χ2v) is 7.64. The van der Waals surface area contributed by atoms with Gasteiger partial charge in [-0.15, -0.1) is 0 Å². The maximum Gasteiger partial charge on any atom is 0.225 e. The number of pyridine rings is 1. The van der Waals surface area contributed by atoms with Crippen LogP contribution in [0, 0.1) is 0 Å². The molecule has 166 valence electrons. The highest BCUT2D eigenvalue weighted by molar-refractivity contribution is 5.92.